The van der Waals surface area contributed by atoms with Crippen LogP contribution in [-0.2, 0) is 0 Å². The highest BCUT2D eigenvalue weighted by Crippen LogP contribution is 2.33. The lowest BCUT2D eigenvalue weighted by Crippen LogP contribution is -1.82. The van der Waals surface area contributed by atoms with Gasteiger partial charge in [0.1, 0.15) is 11.6 Å². The van der Waals surface area contributed by atoms with Crippen LogP contribution in [0.5, 0.6) is 0 Å². The van der Waals surface area contributed by atoms with Crippen LogP contribution in [0, 0.1) is 11.6 Å². The Balaban J connectivity index is 2.07. The molecule has 0 saturated carbocycles. The highest BCUT2D eigenvalue weighted by Gasteiger charge is 2.10. The van der Waals surface area contributed by atoms with Crippen LogP contribution in [0.25, 0.3) is 22.3 Å². The lowest BCUT2D eigenvalue weighted by Gasteiger charge is -2.03. The largest absolute Gasteiger partial charge is 0.471 e. The lowest BCUT2D eigenvalue weighted by atomic mass is 9.99. The van der Waals surface area contributed by atoms with E-state index in [2.05, 4.69) is 0 Å². The minimum absolute atomic E-state index is 0.282. The Morgan fingerprint density at radius 3 is 1.32 bits per heavy atom. The molecule has 2 aromatic carbocycles. The van der Waals surface area contributed by atoms with Crippen molar-refractivity contribution in [3.05, 3.63) is 72.7 Å². The standard InChI is InChI=1S/C16H10F2O/c17-13-5-1-11(2-6-13)15-9-19-10-16(15)12-3-7-14(18)8-4-12/h1-10H. The van der Waals surface area contributed by atoms with Crippen molar-refractivity contribution in [2.24, 2.45) is 0 Å². The molecule has 0 N–H and O–H groups in total. The van der Waals surface area contributed by atoms with Crippen LogP contribution in [0.15, 0.2) is 65.5 Å². The fourth-order valence-corrected chi connectivity index (χ4v) is 2.00. The van der Waals surface area contributed by atoms with Gasteiger partial charge in [-0.05, 0) is 35.4 Å². The van der Waals surface area contributed by atoms with Gasteiger partial charge in [0.15, 0.2) is 0 Å². The molecule has 0 unspecified atom stereocenters. The van der Waals surface area contributed by atoms with Crippen molar-refractivity contribution >= 4 is 0 Å². The van der Waals surface area contributed by atoms with E-state index in [9.17, 15) is 8.78 Å². The van der Waals surface area contributed by atoms with Crippen molar-refractivity contribution in [3.8, 4) is 22.3 Å². The van der Waals surface area contributed by atoms with Crippen LogP contribution < -0.4 is 0 Å². The molecule has 19 heavy (non-hydrogen) atoms. The first-order valence-electron chi connectivity index (χ1n) is 5.82. The molecule has 94 valence electrons. The molecule has 0 aliphatic heterocycles. The van der Waals surface area contributed by atoms with E-state index in [4.69, 9.17) is 4.42 Å². The molecule has 3 heteroatoms. The summed E-state index contributed by atoms with van der Waals surface area (Å²) in [5.74, 6) is -0.564. The smallest absolute Gasteiger partial charge is 0.123 e. The normalized spacial score (nSPS) is 10.6. The van der Waals surface area contributed by atoms with E-state index in [0.29, 0.717) is 0 Å². The van der Waals surface area contributed by atoms with E-state index in [0.717, 1.165) is 22.3 Å². The molecule has 3 rings (SSSR count). The molecule has 0 saturated heterocycles. The molecule has 3 aromatic rings. The number of rotatable bonds is 2. The molecule has 0 fully saturated rings. The first-order chi connectivity index (χ1) is 9.24. The number of furan rings is 1. The topological polar surface area (TPSA) is 13.1 Å². The summed E-state index contributed by atoms with van der Waals surface area (Å²) >= 11 is 0. The average Bonchev–Trinajstić information content (AvgIpc) is 2.90. The first-order valence-corrected chi connectivity index (χ1v) is 5.82. The predicted molar refractivity (Wildman–Crippen MR) is 69.5 cm³/mol. The van der Waals surface area contributed by atoms with E-state index in [1.807, 2.05) is 0 Å². The maximum Gasteiger partial charge on any atom is 0.123 e. The summed E-state index contributed by atoms with van der Waals surface area (Å²) < 4.78 is 31.1. The Labute approximate surface area is 109 Å². The molecule has 0 atom stereocenters. The van der Waals surface area contributed by atoms with Crippen molar-refractivity contribution in [3.63, 3.8) is 0 Å². The van der Waals surface area contributed by atoms with Gasteiger partial charge >= 0.3 is 0 Å². The zero-order chi connectivity index (χ0) is 13.2. The van der Waals surface area contributed by atoms with E-state index >= 15 is 0 Å². The monoisotopic (exact) mass is 256 g/mol. The van der Waals surface area contributed by atoms with Gasteiger partial charge in [-0.25, -0.2) is 8.78 Å². The Morgan fingerprint density at radius 2 is 0.947 bits per heavy atom. The number of halogens is 2. The SMILES string of the molecule is Fc1ccc(-c2cocc2-c2ccc(F)cc2)cc1. The molecular weight excluding hydrogens is 246 g/mol. The van der Waals surface area contributed by atoms with Gasteiger partial charge in [-0.1, -0.05) is 24.3 Å². The van der Waals surface area contributed by atoms with Crippen LogP contribution in [0.4, 0.5) is 8.78 Å². The van der Waals surface area contributed by atoms with Gasteiger partial charge < -0.3 is 4.42 Å². The van der Waals surface area contributed by atoms with Crippen LogP contribution in [0.1, 0.15) is 0 Å². The number of hydrogen-bond acceptors (Lipinski definition) is 1. The fraction of sp³-hybridized carbons (Fsp3) is 0. The van der Waals surface area contributed by atoms with Crippen molar-refractivity contribution in [2.75, 3.05) is 0 Å². The maximum absolute atomic E-state index is 12.9. The van der Waals surface area contributed by atoms with Gasteiger partial charge in [0.25, 0.3) is 0 Å². The van der Waals surface area contributed by atoms with Gasteiger partial charge in [0.2, 0.25) is 0 Å². The number of hydrogen-bond donors (Lipinski definition) is 0. The van der Waals surface area contributed by atoms with Gasteiger partial charge in [-0.3, -0.25) is 0 Å². The Bertz CT molecular complexity index is 622. The highest BCUT2D eigenvalue weighted by atomic mass is 19.1. The first kappa shape index (κ1) is 11.7. The Kier molecular flexibility index (Phi) is 2.88. The zero-order valence-corrected chi connectivity index (χ0v) is 9.94. The number of benzene rings is 2. The summed E-state index contributed by atoms with van der Waals surface area (Å²) in [6, 6.07) is 12.3. The van der Waals surface area contributed by atoms with Gasteiger partial charge in [0.05, 0.1) is 12.5 Å². The molecular formula is C16H10F2O. The quantitative estimate of drug-likeness (QED) is 0.636. The Hall–Kier alpha value is -2.42. The summed E-state index contributed by atoms with van der Waals surface area (Å²) in [6.45, 7) is 0. The Morgan fingerprint density at radius 1 is 0.579 bits per heavy atom. The minimum atomic E-state index is -0.282. The molecule has 0 bridgehead atoms. The van der Waals surface area contributed by atoms with Gasteiger partial charge in [-0.2, -0.15) is 0 Å². The summed E-state index contributed by atoms with van der Waals surface area (Å²) in [7, 11) is 0. The summed E-state index contributed by atoms with van der Waals surface area (Å²) in [5, 5.41) is 0. The second-order valence-electron chi connectivity index (χ2n) is 4.21. The third kappa shape index (κ3) is 2.27. The summed E-state index contributed by atoms with van der Waals surface area (Å²) in [6.07, 6.45) is 3.21. The molecule has 0 amide bonds. The molecule has 0 radical (unpaired) electrons. The lowest BCUT2D eigenvalue weighted by molar-refractivity contribution is 0.569. The van der Waals surface area contributed by atoms with Gasteiger partial charge in [0, 0.05) is 11.1 Å². The second kappa shape index (κ2) is 4.69. The molecule has 1 nitrogen and oxygen atoms in total. The molecule has 0 aliphatic rings. The van der Waals surface area contributed by atoms with E-state index < -0.39 is 0 Å². The average molecular weight is 256 g/mol. The summed E-state index contributed by atoms with van der Waals surface area (Å²) in [5.41, 5.74) is 3.42. The molecule has 1 aromatic heterocycles. The van der Waals surface area contributed by atoms with Gasteiger partial charge in [-0.15, -0.1) is 0 Å². The third-order valence-electron chi connectivity index (χ3n) is 2.97. The van der Waals surface area contributed by atoms with Crippen molar-refractivity contribution in [2.45, 2.75) is 0 Å². The maximum atomic E-state index is 12.9. The zero-order valence-electron chi connectivity index (χ0n) is 9.94. The molecule has 0 aliphatic carbocycles. The highest BCUT2D eigenvalue weighted by molar-refractivity contribution is 5.82. The minimum Gasteiger partial charge on any atom is -0.471 e. The van der Waals surface area contributed by atoms with Crippen molar-refractivity contribution in [1.29, 1.82) is 0 Å². The van der Waals surface area contributed by atoms with Crippen LogP contribution in [-0.4, -0.2) is 0 Å². The van der Waals surface area contributed by atoms with Crippen LogP contribution >= 0.6 is 0 Å². The molecule has 0 spiro atoms. The summed E-state index contributed by atoms with van der Waals surface area (Å²) in [4.78, 5) is 0. The van der Waals surface area contributed by atoms with E-state index in [1.54, 1.807) is 36.8 Å². The van der Waals surface area contributed by atoms with Crippen molar-refractivity contribution in [1.82, 2.24) is 0 Å². The van der Waals surface area contributed by atoms with Crippen LogP contribution in [0.3, 0.4) is 0 Å². The predicted octanol–water partition coefficient (Wildman–Crippen LogP) is 4.89. The van der Waals surface area contributed by atoms with E-state index in [1.165, 1.54) is 24.3 Å². The molecule has 1 heterocycles. The second-order valence-corrected chi connectivity index (χ2v) is 4.21. The van der Waals surface area contributed by atoms with E-state index in [-0.39, 0.29) is 11.6 Å². The fourth-order valence-electron chi connectivity index (χ4n) is 2.00. The third-order valence-corrected chi connectivity index (χ3v) is 2.97. The van der Waals surface area contributed by atoms with Crippen molar-refractivity contribution < 1.29 is 13.2 Å². The van der Waals surface area contributed by atoms with Crippen LogP contribution in [0.2, 0.25) is 0 Å².